The van der Waals surface area contributed by atoms with Crippen molar-refractivity contribution in [3.8, 4) is 0 Å². The van der Waals surface area contributed by atoms with E-state index in [-0.39, 0.29) is 5.56 Å². The summed E-state index contributed by atoms with van der Waals surface area (Å²) < 4.78 is 3.00. The number of nitrogens with one attached hydrogen (secondary N) is 1. The van der Waals surface area contributed by atoms with E-state index >= 15 is 0 Å². The standard InChI is InChI=1S/C18H18BrN3OS/c19-14-4-6-15(7-5-14)20-18(24)21-9-12-8-13(11-21)16-2-1-3-17(23)22(16)10-12/h1-7,12-13H,8-11H2,(H,20,24). The number of likely N-dealkylation sites (tertiary alicyclic amines) is 1. The van der Waals surface area contributed by atoms with Crippen LogP contribution in [-0.4, -0.2) is 27.7 Å². The van der Waals surface area contributed by atoms with Crippen LogP contribution in [0.3, 0.4) is 0 Å². The van der Waals surface area contributed by atoms with Gasteiger partial charge in [0.05, 0.1) is 0 Å². The zero-order valence-corrected chi connectivity index (χ0v) is 15.5. The first kappa shape index (κ1) is 15.8. The number of rotatable bonds is 1. The molecule has 24 heavy (non-hydrogen) atoms. The summed E-state index contributed by atoms with van der Waals surface area (Å²) >= 11 is 9.07. The normalized spacial score (nSPS) is 22.0. The van der Waals surface area contributed by atoms with Crippen molar-refractivity contribution < 1.29 is 0 Å². The molecule has 1 N–H and O–H groups in total. The maximum absolute atomic E-state index is 12.1. The van der Waals surface area contributed by atoms with Crippen molar-refractivity contribution >= 4 is 38.9 Å². The largest absolute Gasteiger partial charge is 0.348 e. The number of hydrogen-bond donors (Lipinski definition) is 1. The second kappa shape index (κ2) is 6.33. The summed E-state index contributed by atoms with van der Waals surface area (Å²) in [5, 5.41) is 4.09. The summed E-state index contributed by atoms with van der Waals surface area (Å²) in [6.45, 7) is 2.56. The van der Waals surface area contributed by atoms with Gasteiger partial charge in [-0.3, -0.25) is 4.79 Å². The SMILES string of the molecule is O=c1cccc2n1CC1CC2CN(C(=S)Nc2ccc(Br)cc2)C1. The van der Waals surface area contributed by atoms with E-state index in [9.17, 15) is 4.79 Å². The molecule has 3 heterocycles. The number of fused-ring (bicyclic) bond motifs is 4. The van der Waals surface area contributed by atoms with Crippen LogP contribution in [0.15, 0.2) is 51.7 Å². The number of aromatic nitrogens is 1. The van der Waals surface area contributed by atoms with Gasteiger partial charge in [-0.25, -0.2) is 0 Å². The zero-order valence-electron chi connectivity index (χ0n) is 13.1. The van der Waals surface area contributed by atoms with Gasteiger partial charge < -0.3 is 14.8 Å². The minimum absolute atomic E-state index is 0.117. The summed E-state index contributed by atoms with van der Waals surface area (Å²) in [6.07, 6.45) is 1.14. The molecule has 2 aliphatic heterocycles. The van der Waals surface area contributed by atoms with Crippen LogP contribution in [0.4, 0.5) is 5.69 Å². The van der Waals surface area contributed by atoms with Crippen LogP contribution in [0.5, 0.6) is 0 Å². The molecule has 0 aliphatic carbocycles. The summed E-state index contributed by atoms with van der Waals surface area (Å²) in [4.78, 5) is 14.3. The molecule has 1 fully saturated rings. The van der Waals surface area contributed by atoms with Crippen LogP contribution >= 0.6 is 28.1 Å². The van der Waals surface area contributed by atoms with Gasteiger partial charge in [0.1, 0.15) is 0 Å². The molecule has 2 atom stereocenters. The Balaban J connectivity index is 1.52. The van der Waals surface area contributed by atoms with Gasteiger partial charge in [0.25, 0.3) is 5.56 Å². The fourth-order valence-electron chi connectivity index (χ4n) is 3.80. The number of benzene rings is 1. The number of anilines is 1. The fourth-order valence-corrected chi connectivity index (χ4v) is 4.33. The molecule has 0 amide bonds. The molecule has 0 saturated carbocycles. The molecule has 2 bridgehead atoms. The number of hydrogen-bond acceptors (Lipinski definition) is 2. The van der Waals surface area contributed by atoms with Crippen LogP contribution in [0.25, 0.3) is 0 Å². The second-order valence-corrected chi connectivity index (χ2v) is 7.84. The Kier molecular flexibility index (Phi) is 4.18. The van der Waals surface area contributed by atoms with E-state index in [1.165, 1.54) is 0 Å². The highest BCUT2D eigenvalue weighted by molar-refractivity contribution is 9.10. The first-order valence-corrected chi connectivity index (χ1v) is 9.31. The number of pyridine rings is 1. The molecule has 1 aromatic heterocycles. The van der Waals surface area contributed by atoms with Crippen LogP contribution in [0.1, 0.15) is 18.0 Å². The Morgan fingerprint density at radius 3 is 2.71 bits per heavy atom. The summed E-state index contributed by atoms with van der Waals surface area (Å²) in [5.74, 6) is 0.845. The summed E-state index contributed by atoms with van der Waals surface area (Å²) in [6, 6.07) is 13.6. The molecule has 6 heteroatoms. The van der Waals surface area contributed by atoms with Crippen LogP contribution in [-0.2, 0) is 6.54 Å². The predicted molar refractivity (Wildman–Crippen MR) is 103 cm³/mol. The molecule has 0 spiro atoms. The molecule has 2 aromatic rings. The third kappa shape index (κ3) is 3.00. The lowest BCUT2D eigenvalue weighted by atomic mass is 9.83. The van der Waals surface area contributed by atoms with Gasteiger partial charge in [-0.15, -0.1) is 0 Å². The Morgan fingerprint density at radius 2 is 1.92 bits per heavy atom. The Hall–Kier alpha value is -1.66. The summed E-state index contributed by atoms with van der Waals surface area (Å²) in [7, 11) is 0. The Morgan fingerprint density at radius 1 is 1.12 bits per heavy atom. The second-order valence-electron chi connectivity index (χ2n) is 6.54. The van der Waals surface area contributed by atoms with Crippen molar-refractivity contribution in [3.63, 3.8) is 0 Å². The first-order valence-electron chi connectivity index (χ1n) is 8.11. The summed E-state index contributed by atoms with van der Waals surface area (Å²) in [5.41, 5.74) is 2.26. The monoisotopic (exact) mass is 403 g/mol. The third-order valence-corrected chi connectivity index (χ3v) is 5.75. The number of halogens is 1. The number of piperidine rings is 1. The van der Waals surface area contributed by atoms with Crippen LogP contribution < -0.4 is 10.9 Å². The third-order valence-electron chi connectivity index (χ3n) is 4.86. The molecule has 124 valence electrons. The Bertz CT molecular complexity index is 833. The van der Waals surface area contributed by atoms with Gasteiger partial charge in [-0.1, -0.05) is 22.0 Å². The quantitative estimate of drug-likeness (QED) is 0.740. The predicted octanol–water partition coefficient (Wildman–Crippen LogP) is 3.43. The van der Waals surface area contributed by atoms with Crippen molar-refractivity contribution in [1.29, 1.82) is 0 Å². The average Bonchev–Trinajstić information content (AvgIpc) is 2.58. The minimum Gasteiger partial charge on any atom is -0.348 e. The van der Waals surface area contributed by atoms with Gasteiger partial charge in [-0.05, 0) is 54.9 Å². The molecular weight excluding hydrogens is 386 g/mol. The van der Waals surface area contributed by atoms with E-state index in [4.69, 9.17) is 12.2 Å². The van der Waals surface area contributed by atoms with E-state index < -0.39 is 0 Å². The van der Waals surface area contributed by atoms with Gasteiger partial charge in [-0.2, -0.15) is 0 Å². The highest BCUT2D eigenvalue weighted by atomic mass is 79.9. The van der Waals surface area contributed by atoms with E-state index in [2.05, 4.69) is 32.2 Å². The molecule has 1 aromatic carbocycles. The highest BCUT2D eigenvalue weighted by Crippen LogP contribution is 2.35. The molecule has 2 aliphatic rings. The maximum Gasteiger partial charge on any atom is 0.250 e. The van der Waals surface area contributed by atoms with Gasteiger partial charge >= 0.3 is 0 Å². The lowest BCUT2D eigenvalue weighted by Gasteiger charge is -2.43. The average molecular weight is 404 g/mol. The van der Waals surface area contributed by atoms with E-state index in [1.807, 2.05) is 34.9 Å². The molecule has 4 rings (SSSR count). The molecule has 2 unspecified atom stereocenters. The van der Waals surface area contributed by atoms with E-state index in [0.717, 1.165) is 47.0 Å². The van der Waals surface area contributed by atoms with Gasteiger partial charge in [0, 0.05) is 47.5 Å². The van der Waals surface area contributed by atoms with Gasteiger partial charge in [0.2, 0.25) is 0 Å². The molecule has 1 saturated heterocycles. The van der Waals surface area contributed by atoms with Crippen molar-refractivity contribution in [2.45, 2.75) is 18.9 Å². The minimum atomic E-state index is 0.117. The van der Waals surface area contributed by atoms with Crippen molar-refractivity contribution in [2.24, 2.45) is 5.92 Å². The molecule has 0 radical (unpaired) electrons. The van der Waals surface area contributed by atoms with Crippen molar-refractivity contribution in [2.75, 3.05) is 18.4 Å². The zero-order chi connectivity index (χ0) is 16.7. The van der Waals surface area contributed by atoms with Gasteiger partial charge in [0.15, 0.2) is 5.11 Å². The smallest absolute Gasteiger partial charge is 0.250 e. The molecular formula is C18H18BrN3OS. The topological polar surface area (TPSA) is 37.3 Å². The molecule has 4 nitrogen and oxygen atoms in total. The first-order chi connectivity index (χ1) is 11.6. The maximum atomic E-state index is 12.1. The van der Waals surface area contributed by atoms with Crippen LogP contribution in [0, 0.1) is 5.92 Å². The van der Waals surface area contributed by atoms with Crippen molar-refractivity contribution in [1.82, 2.24) is 9.47 Å². The van der Waals surface area contributed by atoms with Crippen molar-refractivity contribution in [3.05, 3.63) is 63.0 Å². The number of thiocarbonyl (C=S) groups is 1. The van der Waals surface area contributed by atoms with E-state index in [1.54, 1.807) is 6.07 Å². The fraction of sp³-hybridized carbons (Fsp3) is 0.333. The lowest BCUT2D eigenvalue weighted by Crippen LogP contribution is -2.50. The number of nitrogens with zero attached hydrogens (tertiary/aromatic N) is 2. The van der Waals surface area contributed by atoms with Crippen LogP contribution in [0.2, 0.25) is 0 Å². The van der Waals surface area contributed by atoms with E-state index in [0.29, 0.717) is 11.8 Å². The Labute approximate surface area is 154 Å². The lowest BCUT2D eigenvalue weighted by molar-refractivity contribution is 0.180. The highest BCUT2D eigenvalue weighted by Gasteiger charge is 2.35.